The molecule has 3 N–H and O–H groups in total. The van der Waals surface area contributed by atoms with Crippen molar-refractivity contribution in [1.29, 1.82) is 0 Å². The number of nitrogens with zero attached hydrogens (tertiary/aromatic N) is 2. The van der Waals surface area contributed by atoms with Gasteiger partial charge in [0.15, 0.2) is 5.82 Å². The largest absolute Gasteiger partial charge is 0.339 e. The maximum Gasteiger partial charge on any atom is 0.153 e. The van der Waals surface area contributed by atoms with Crippen molar-refractivity contribution < 1.29 is 0 Å². The second kappa shape index (κ2) is 4.72. The molecule has 0 saturated heterocycles. The molecule has 0 fully saturated rings. The van der Waals surface area contributed by atoms with Crippen molar-refractivity contribution in [3.05, 3.63) is 47.7 Å². The number of nitrogens with two attached hydrogens (primary N) is 1. The fourth-order valence-corrected chi connectivity index (χ4v) is 1.32. The molecule has 4 heteroatoms. The van der Waals surface area contributed by atoms with Crippen molar-refractivity contribution in [1.82, 2.24) is 10.2 Å². The van der Waals surface area contributed by atoms with Gasteiger partial charge in [-0.15, -0.1) is 5.10 Å². The van der Waals surface area contributed by atoms with Gasteiger partial charge < -0.3 is 11.1 Å². The summed E-state index contributed by atoms with van der Waals surface area (Å²) in [5, 5.41) is 11.2. The van der Waals surface area contributed by atoms with Crippen LogP contribution >= 0.6 is 0 Å². The number of hydrogen-bond donors (Lipinski definition) is 2. The van der Waals surface area contributed by atoms with Gasteiger partial charge in [0.05, 0.1) is 5.69 Å². The van der Waals surface area contributed by atoms with E-state index in [1.807, 2.05) is 36.4 Å². The molecule has 0 aliphatic carbocycles. The van der Waals surface area contributed by atoms with Gasteiger partial charge in [0.1, 0.15) is 0 Å². The van der Waals surface area contributed by atoms with Crippen molar-refractivity contribution in [3.63, 3.8) is 0 Å². The molecule has 0 spiro atoms. The molecule has 0 aliphatic rings. The van der Waals surface area contributed by atoms with E-state index in [9.17, 15) is 0 Å². The Morgan fingerprint density at radius 3 is 2.38 bits per heavy atom. The Bertz CT molecular complexity index is 447. The van der Waals surface area contributed by atoms with E-state index < -0.39 is 0 Å². The topological polar surface area (TPSA) is 63.8 Å². The summed E-state index contributed by atoms with van der Waals surface area (Å²) in [7, 11) is 0. The van der Waals surface area contributed by atoms with Crippen LogP contribution in [-0.2, 0) is 6.54 Å². The molecule has 0 amide bonds. The second-order valence-corrected chi connectivity index (χ2v) is 3.61. The Labute approximate surface area is 94.5 Å². The van der Waals surface area contributed by atoms with Crippen LogP contribution in [0.2, 0.25) is 0 Å². The van der Waals surface area contributed by atoms with E-state index in [1.54, 1.807) is 0 Å². The van der Waals surface area contributed by atoms with E-state index in [0.29, 0.717) is 6.54 Å². The first kappa shape index (κ1) is 10.6. The molecule has 1 aromatic heterocycles. The molecule has 2 aromatic rings. The number of aryl methyl sites for hydroxylation is 1. The van der Waals surface area contributed by atoms with Gasteiger partial charge in [-0.1, -0.05) is 17.7 Å². The van der Waals surface area contributed by atoms with Crippen molar-refractivity contribution in [2.24, 2.45) is 5.73 Å². The highest BCUT2D eigenvalue weighted by atomic mass is 15.2. The molecule has 1 heterocycles. The number of hydrogen-bond acceptors (Lipinski definition) is 4. The van der Waals surface area contributed by atoms with Crippen molar-refractivity contribution >= 4 is 11.5 Å². The highest BCUT2D eigenvalue weighted by Gasteiger charge is 1.97. The number of benzene rings is 1. The lowest BCUT2D eigenvalue weighted by Crippen LogP contribution is -2.02. The molecule has 2 rings (SSSR count). The van der Waals surface area contributed by atoms with Gasteiger partial charge in [-0.3, -0.25) is 0 Å². The lowest BCUT2D eigenvalue weighted by atomic mass is 10.2. The Kier molecular flexibility index (Phi) is 3.12. The first-order valence-corrected chi connectivity index (χ1v) is 5.14. The first-order chi connectivity index (χ1) is 7.78. The van der Waals surface area contributed by atoms with E-state index >= 15 is 0 Å². The summed E-state index contributed by atoms with van der Waals surface area (Å²) in [6.07, 6.45) is 0. The maximum atomic E-state index is 5.45. The zero-order chi connectivity index (χ0) is 11.4. The third-order valence-electron chi connectivity index (χ3n) is 2.25. The summed E-state index contributed by atoms with van der Waals surface area (Å²) in [4.78, 5) is 0. The maximum absolute atomic E-state index is 5.45. The molecule has 0 unspecified atom stereocenters. The molecule has 0 aliphatic heterocycles. The molecule has 82 valence electrons. The fourth-order valence-electron chi connectivity index (χ4n) is 1.32. The van der Waals surface area contributed by atoms with Gasteiger partial charge >= 0.3 is 0 Å². The van der Waals surface area contributed by atoms with Gasteiger partial charge in [0, 0.05) is 12.2 Å². The number of aromatic nitrogens is 2. The van der Waals surface area contributed by atoms with Gasteiger partial charge in [0.25, 0.3) is 0 Å². The third kappa shape index (κ3) is 2.55. The van der Waals surface area contributed by atoms with Gasteiger partial charge in [-0.05, 0) is 31.2 Å². The lowest BCUT2D eigenvalue weighted by molar-refractivity contribution is 0.902. The van der Waals surface area contributed by atoms with Crippen molar-refractivity contribution in [2.45, 2.75) is 13.5 Å². The van der Waals surface area contributed by atoms with Gasteiger partial charge in [0.2, 0.25) is 0 Å². The minimum Gasteiger partial charge on any atom is -0.339 e. The van der Waals surface area contributed by atoms with Crippen molar-refractivity contribution in [3.8, 4) is 0 Å². The number of rotatable bonds is 3. The zero-order valence-corrected chi connectivity index (χ0v) is 9.14. The Morgan fingerprint density at radius 1 is 1.06 bits per heavy atom. The molecule has 0 saturated carbocycles. The average Bonchev–Trinajstić information content (AvgIpc) is 2.33. The number of anilines is 2. The first-order valence-electron chi connectivity index (χ1n) is 5.14. The number of nitrogens with one attached hydrogen (secondary N) is 1. The van der Waals surface area contributed by atoms with E-state index in [2.05, 4.69) is 22.4 Å². The summed E-state index contributed by atoms with van der Waals surface area (Å²) >= 11 is 0. The fraction of sp³-hybridized carbons (Fsp3) is 0.167. The quantitative estimate of drug-likeness (QED) is 0.820. The van der Waals surface area contributed by atoms with Gasteiger partial charge in [-0.2, -0.15) is 5.10 Å². The Morgan fingerprint density at radius 2 is 1.81 bits per heavy atom. The predicted octanol–water partition coefficient (Wildman–Crippen LogP) is 1.99. The van der Waals surface area contributed by atoms with Crippen LogP contribution in [0, 0.1) is 6.92 Å². The molecule has 0 radical (unpaired) electrons. The molecule has 1 aromatic carbocycles. The minimum absolute atomic E-state index is 0.414. The summed E-state index contributed by atoms with van der Waals surface area (Å²) in [6, 6.07) is 11.8. The Hall–Kier alpha value is -1.94. The van der Waals surface area contributed by atoms with Crippen LogP contribution in [0.1, 0.15) is 11.3 Å². The lowest BCUT2D eigenvalue weighted by Gasteiger charge is -2.05. The van der Waals surface area contributed by atoms with E-state index in [-0.39, 0.29) is 0 Å². The molecular weight excluding hydrogens is 200 g/mol. The van der Waals surface area contributed by atoms with Gasteiger partial charge in [-0.25, -0.2) is 0 Å². The predicted molar refractivity (Wildman–Crippen MR) is 64.4 cm³/mol. The smallest absolute Gasteiger partial charge is 0.153 e. The third-order valence-corrected chi connectivity index (χ3v) is 2.25. The van der Waals surface area contributed by atoms with Crippen LogP contribution < -0.4 is 11.1 Å². The van der Waals surface area contributed by atoms with E-state index in [0.717, 1.165) is 17.2 Å². The SMILES string of the molecule is Cc1ccc(Nc2ccc(CN)nn2)cc1. The van der Waals surface area contributed by atoms with Crippen molar-refractivity contribution in [2.75, 3.05) is 5.32 Å². The molecular formula is C12H14N4. The summed E-state index contributed by atoms with van der Waals surface area (Å²) in [6.45, 7) is 2.47. The minimum atomic E-state index is 0.414. The molecule has 0 atom stereocenters. The van der Waals surface area contributed by atoms with Crippen LogP contribution in [-0.4, -0.2) is 10.2 Å². The molecule has 0 bridgehead atoms. The van der Waals surface area contributed by atoms with Crippen LogP contribution in [0.4, 0.5) is 11.5 Å². The zero-order valence-electron chi connectivity index (χ0n) is 9.14. The summed E-state index contributed by atoms with van der Waals surface area (Å²) in [5.41, 5.74) is 8.46. The second-order valence-electron chi connectivity index (χ2n) is 3.61. The van der Waals surface area contributed by atoms with E-state index in [4.69, 9.17) is 5.73 Å². The van der Waals surface area contributed by atoms with Crippen LogP contribution in [0.3, 0.4) is 0 Å². The standard InChI is InChI=1S/C12H14N4/c1-9-2-4-10(5-3-9)14-12-7-6-11(8-13)15-16-12/h2-7H,8,13H2,1H3,(H,14,16). The summed E-state index contributed by atoms with van der Waals surface area (Å²) < 4.78 is 0. The van der Waals surface area contributed by atoms with Crippen LogP contribution in [0.25, 0.3) is 0 Å². The molecule has 16 heavy (non-hydrogen) atoms. The highest BCUT2D eigenvalue weighted by Crippen LogP contribution is 2.14. The normalized spacial score (nSPS) is 10.1. The monoisotopic (exact) mass is 214 g/mol. The van der Waals surface area contributed by atoms with E-state index in [1.165, 1.54) is 5.56 Å². The summed E-state index contributed by atoms with van der Waals surface area (Å²) in [5.74, 6) is 0.723. The Balaban J connectivity index is 2.11. The van der Waals surface area contributed by atoms with Crippen LogP contribution in [0.5, 0.6) is 0 Å². The van der Waals surface area contributed by atoms with Crippen LogP contribution in [0.15, 0.2) is 36.4 Å². The highest BCUT2D eigenvalue weighted by molar-refractivity contribution is 5.55. The molecule has 4 nitrogen and oxygen atoms in total. The average molecular weight is 214 g/mol.